The van der Waals surface area contributed by atoms with Crippen molar-refractivity contribution in [3.8, 4) is 0 Å². The van der Waals surface area contributed by atoms with E-state index in [2.05, 4.69) is 94.9 Å². The molecule has 2 nitrogen and oxygen atoms in total. The third-order valence-electron chi connectivity index (χ3n) is 6.10. The highest BCUT2D eigenvalue weighted by molar-refractivity contribution is 5.47. The van der Waals surface area contributed by atoms with Crippen LogP contribution >= 0.6 is 0 Å². The number of nitrogens with zero attached hydrogens (tertiary/aromatic N) is 2. The molecule has 1 saturated carbocycles. The van der Waals surface area contributed by atoms with E-state index in [0.717, 1.165) is 0 Å². The maximum absolute atomic E-state index is 4.25. The van der Waals surface area contributed by atoms with Gasteiger partial charge in [-0.1, -0.05) is 60.7 Å². The van der Waals surface area contributed by atoms with Gasteiger partial charge in [0.25, 0.3) is 0 Å². The van der Waals surface area contributed by atoms with Crippen LogP contribution in [0, 0.1) is 0 Å². The Kier molecular flexibility index (Phi) is 4.46. The molecule has 0 saturated heterocycles. The molecular weight excluding hydrogens is 340 g/mol. The lowest BCUT2D eigenvalue weighted by Crippen LogP contribution is -2.40. The highest BCUT2D eigenvalue weighted by Gasteiger charge is 2.52. The van der Waals surface area contributed by atoms with Crippen molar-refractivity contribution in [1.29, 1.82) is 0 Å². The lowest BCUT2D eigenvalue weighted by atomic mass is 9.49. The van der Waals surface area contributed by atoms with Crippen LogP contribution in [0.15, 0.2) is 110 Å². The third-order valence-corrected chi connectivity index (χ3v) is 6.10. The van der Waals surface area contributed by atoms with Crippen LogP contribution in [0.3, 0.4) is 0 Å². The fraction of sp³-hybridized carbons (Fsp3) is 0.154. The van der Waals surface area contributed by atoms with E-state index < -0.39 is 0 Å². The normalized spacial score (nSPS) is 23.7. The second kappa shape index (κ2) is 7.40. The molecule has 0 amide bonds. The lowest BCUT2D eigenvalue weighted by molar-refractivity contribution is 0.228. The summed E-state index contributed by atoms with van der Waals surface area (Å²) in [5, 5.41) is 0. The molecular formula is C26H22N2. The van der Waals surface area contributed by atoms with Crippen molar-refractivity contribution in [2.45, 2.75) is 23.7 Å². The summed E-state index contributed by atoms with van der Waals surface area (Å²) in [4.78, 5) is 8.50. The summed E-state index contributed by atoms with van der Waals surface area (Å²) in [6.45, 7) is 0. The summed E-state index contributed by atoms with van der Waals surface area (Å²) in [6.07, 6.45) is 7.65. The molecule has 0 radical (unpaired) electrons. The highest BCUT2D eigenvalue weighted by Crippen LogP contribution is 2.66. The monoisotopic (exact) mass is 362 g/mol. The molecule has 2 aromatic heterocycles. The van der Waals surface area contributed by atoms with Gasteiger partial charge in [0.1, 0.15) is 0 Å². The molecule has 1 aliphatic carbocycles. The van der Waals surface area contributed by atoms with Crippen LogP contribution in [-0.2, 0) is 0 Å². The molecule has 1 unspecified atom stereocenters. The van der Waals surface area contributed by atoms with Gasteiger partial charge in [-0.25, -0.2) is 0 Å². The molecule has 2 aromatic carbocycles. The Morgan fingerprint density at radius 3 is 0.964 bits per heavy atom. The van der Waals surface area contributed by atoms with Crippen molar-refractivity contribution >= 4 is 0 Å². The molecule has 0 bridgehead atoms. The fourth-order valence-electron chi connectivity index (χ4n) is 4.93. The zero-order valence-corrected chi connectivity index (χ0v) is 15.6. The molecule has 4 aromatic rings. The first-order chi connectivity index (χ1) is 13.9. The van der Waals surface area contributed by atoms with Crippen LogP contribution in [0.5, 0.6) is 0 Å². The van der Waals surface area contributed by atoms with Gasteiger partial charge < -0.3 is 0 Å². The van der Waals surface area contributed by atoms with Gasteiger partial charge in [-0.15, -0.1) is 0 Å². The molecule has 2 heteroatoms. The average Bonchev–Trinajstić information content (AvgIpc) is 2.76. The first-order valence-electron chi connectivity index (χ1n) is 9.83. The van der Waals surface area contributed by atoms with Crippen LogP contribution in [0.4, 0.5) is 0 Å². The summed E-state index contributed by atoms with van der Waals surface area (Å²) >= 11 is 0. The minimum absolute atomic E-state index is 0.415. The first-order valence-corrected chi connectivity index (χ1v) is 9.83. The standard InChI is InChI=1S/C26H22N2/c1-3-7-19(8-4-1)23-24(20-9-5-2-6-10-20)26(22-13-17-28-18-14-22)25(23)21-11-15-27-16-12-21/h1-18,23-26H/t23-,24-,25+,26?/m0/s1. The predicted molar refractivity (Wildman–Crippen MR) is 112 cm³/mol. The van der Waals surface area contributed by atoms with Crippen molar-refractivity contribution < 1.29 is 0 Å². The molecule has 5 rings (SSSR count). The molecule has 136 valence electrons. The van der Waals surface area contributed by atoms with Gasteiger partial charge in [-0.3, -0.25) is 9.97 Å². The SMILES string of the molecule is c1ccc([C@H]2[C@H](c3ccccc3)C(c3ccncc3)[C@@H]2c2ccncc2)cc1. The quantitative estimate of drug-likeness (QED) is 0.450. The summed E-state index contributed by atoms with van der Waals surface area (Å²) in [7, 11) is 0. The number of hydrogen-bond donors (Lipinski definition) is 0. The molecule has 0 N–H and O–H groups in total. The second-order valence-corrected chi connectivity index (χ2v) is 7.49. The Balaban J connectivity index is 1.67. The van der Waals surface area contributed by atoms with Gasteiger partial charge in [-0.05, 0) is 70.2 Å². The summed E-state index contributed by atoms with van der Waals surface area (Å²) in [5.41, 5.74) is 5.53. The van der Waals surface area contributed by atoms with Crippen molar-refractivity contribution in [2.75, 3.05) is 0 Å². The Morgan fingerprint density at radius 2 is 0.643 bits per heavy atom. The Bertz CT molecular complexity index is 835. The van der Waals surface area contributed by atoms with E-state index in [0.29, 0.717) is 23.7 Å². The first kappa shape index (κ1) is 16.9. The number of rotatable bonds is 4. The molecule has 0 aliphatic heterocycles. The lowest BCUT2D eigenvalue weighted by Gasteiger charge is -2.53. The maximum Gasteiger partial charge on any atom is 0.0270 e. The molecule has 1 fully saturated rings. The van der Waals surface area contributed by atoms with E-state index >= 15 is 0 Å². The van der Waals surface area contributed by atoms with Gasteiger partial charge in [0.15, 0.2) is 0 Å². The number of aromatic nitrogens is 2. The van der Waals surface area contributed by atoms with Crippen LogP contribution < -0.4 is 0 Å². The molecule has 2 heterocycles. The van der Waals surface area contributed by atoms with Gasteiger partial charge in [0.2, 0.25) is 0 Å². The Hall–Kier alpha value is -3.26. The minimum Gasteiger partial charge on any atom is -0.265 e. The zero-order valence-electron chi connectivity index (χ0n) is 15.6. The van der Waals surface area contributed by atoms with E-state index in [-0.39, 0.29) is 0 Å². The van der Waals surface area contributed by atoms with Crippen LogP contribution in [0.25, 0.3) is 0 Å². The number of benzene rings is 2. The highest BCUT2D eigenvalue weighted by atomic mass is 14.6. The number of hydrogen-bond acceptors (Lipinski definition) is 2. The molecule has 0 spiro atoms. The summed E-state index contributed by atoms with van der Waals surface area (Å²) in [6, 6.07) is 30.6. The van der Waals surface area contributed by atoms with E-state index in [1.807, 2.05) is 24.8 Å². The van der Waals surface area contributed by atoms with Crippen molar-refractivity contribution in [3.63, 3.8) is 0 Å². The van der Waals surface area contributed by atoms with E-state index in [1.165, 1.54) is 22.3 Å². The maximum atomic E-state index is 4.25. The third kappa shape index (κ3) is 2.91. The van der Waals surface area contributed by atoms with Gasteiger partial charge >= 0.3 is 0 Å². The zero-order chi connectivity index (χ0) is 18.8. The van der Waals surface area contributed by atoms with Crippen LogP contribution in [0.2, 0.25) is 0 Å². The van der Waals surface area contributed by atoms with Gasteiger partial charge in [-0.2, -0.15) is 0 Å². The largest absolute Gasteiger partial charge is 0.265 e. The van der Waals surface area contributed by atoms with Crippen LogP contribution in [-0.4, -0.2) is 9.97 Å². The van der Waals surface area contributed by atoms with Crippen molar-refractivity contribution in [3.05, 3.63) is 132 Å². The minimum atomic E-state index is 0.415. The second-order valence-electron chi connectivity index (χ2n) is 7.49. The van der Waals surface area contributed by atoms with Gasteiger partial charge in [0.05, 0.1) is 0 Å². The molecule has 1 aliphatic rings. The Morgan fingerprint density at radius 1 is 0.357 bits per heavy atom. The van der Waals surface area contributed by atoms with Crippen molar-refractivity contribution in [2.24, 2.45) is 0 Å². The Labute approximate surface area is 165 Å². The van der Waals surface area contributed by atoms with Gasteiger partial charge in [0, 0.05) is 24.8 Å². The number of pyridine rings is 2. The van der Waals surface area contributed by atoms with E-state index in [4.69, 9.17) is 0 Å². The van der Waals surface area contributed by atoms with Crippen molar-refractivity contribution in [1.82, 2.24) is 9.97 Å². The molecule has 28 heavy (non-hydrogen) atoms. The topological polar surface area (TPSA) is 25.8 Å². The van der Waals surface area contributed by atoms with E-state index in [1.54, 1.807) is 0 Å². The smallest absolute Gasteiger partial charge is 0.0270 e. The summed E-state index contributed by atoms with van der Waals surface area (Å²) in [5.74, 6) is 1.70. The average molecular weight is 362 g/mol. The van der Waals surface area contributed by atoms with Crippen LogP contribution in [0.1, 0.15) is 45.9 Å². The molecule has 4 atom stereocenters. The predicted octanol–water partition coefficient (Wildman–Crippen LogP) is 5.93. The fourth-order valence-corrected chi connectivity index (χ4v) is 4.93. The van der Waals surface area contributed by atoms with E-state index in [9.17, 15) is 0 Å². The summed E-state index contributed by atoms with van der Waals surface area (Å²) < 4.78 is 0.